The molecule has 94 valence electrons. The molecule has 17 heavy (non-hydrogen) atoms. The van der Waals surface area contributed by atoms with E-state index < -0.39 is 0 Å². The topological polar surface area (TPSA) is 70.6 Å². The number of oxime groups is 1. The molecule has 1 aromatic rings. The van der Waals surface area contributed by atoms with E-state index >= 15 is 0 Å². The zero-order valence-electron chi connectivity index (χ0n) is 9.45. The third-order valence-corrected chi connectivity index (χ3v) is 2.60. The molecule has 0 aromatic heterocycles. The van der Waals surface area contributed by atoms with Crippen LogP contribution in [0.1, 0.15) is 19.8 Å². The minimum absolute atomic E-state index is 0.104. The smallest absolute Gasteiger partial charge is 0.146 e. The van der Waals surface area contributed by atoms with Gasteiger partial charge in [0.25, 0.3) is 0 Å². The summed E-state index contributed by atoms with van der Waals surface area (Å²) in [4.78, 5) is 0. The molecule has 1 rings (SSSR count). The van der Waals surface area contributed by atoms with Gasteiger partial charge >= 0.3 is 0 Å². The summed E-state index contributed by atoms with van der Waals surface area (Å²) in [7, 11) is 0. The van der Waals surface area contributed by atoms with Crippen LogP contribution in [0.25, 0.3) is 0 Å². The zero-order chi connectivity index (χ0) is 12.8. The van der Waals surface area contributed by atoms with E-state index in [-0.39, 0.29) is 17.7 Å². The fourth-order valence-electron chi connectivity index (χ4n) is 1.42. The Hall–Kier alpha value is -1.49. The molecule has 0 aliphatic rings. The molecule has 0 amide bonds. The first-order valence-electron chi connectivity index (χ1n) is 5.24. The van der Waals surface area contributed by atoms with Crippen LogP contribution in [0.15, 0.2) is 23.4 Å². The molecule has 1 aromatic carbocycles. The fraction of sp³-hybridized carbons (Fsp3) is 0.364. The first kappa shape index (κ1) is 13.6. The Bertz CT molecular complexity index is 412. The lowest BCUT2D eigenvalue weighted by Gasteiger charge is -2.18. The molecule has 4 nitrogen and oxygen atoms in total. The summed E-state index contributed by atoms with van der Waals surface area (Å²) >= 11 is 5.78. The highest BCUT2D eigenvalue weighted by Gasteiger charge is 2.11. The maximum absolute atomic E-state index is 13.5. The van der Waals surface area contributed by atoms with Crippen LogP contribution in [0, 0.1) is 5.82 Å². The van der Waals surface area contributed by atoms with Gasteiger partial charge in [-0.05, 0) is 24.6 Å². The third kappa shape index (κ3) is 4.11. The van der Waals surface area contributed by atoms with Crippen LogP contribution < -0.4 is 11.1 Å². The van der Waals surface area contributed by atoms with Crippen molar-refractivity contribution in [3.8, 4) is 0 Å². The minimum Gasteiger partial charge on any atom is -0.409 e. The van der Waals surface area contributed by atoms with E-state index in [4.69, 9.17) is 22.5 Å². The molecule has 0 saturated carbocycles. The Kier molecular flexibility index (Phi) is 5.03. The van der Waals surface area contributed by atoms with Gasteiger partial charge in [-0.3, -0.25) is 0 Å². The van der Waals surface area contributed by atoms with Gasteiger partial charge in [-0.15, -0.1) is 0 Å². The van der Waals surface area contributed by atoms with E-state index in [1.54, 1.807) is 0 Å². The van der Waals surface area contributed by atoms with E-state index in [9.17, 15) is 4.39 Å². The Morgan fingerprint density at radius 1 is 1.65 bits per heavy atom. The monoisotopic (exact) mass is 259 g/mol. The second-order valence-corrected chi connectivity index (χ2v) is 4.11. The molecule has 1 atom stereocenters. The van der Waals surface area contributed by atoms with Crippen LogP contribution >= 0.6 is 11.6 Å². The van der Waals surface area contributed by atoms with Crippen LogP contribution in [0.5, 0.6) is 0 Å². The highest BCUT2D eigenvalue weighted by molar-refractivity contribution is 6.30. The Morgan fingerprint density at radius 3 is 2.94 bits per heavy atom. The Balaban J connectivity index is 2.76. The van der Waals surface area contributed by atoms with Crippen molar-refractivity contribution in [3.63, 3.8) is 0 Å². The van der Waals surface area contributed by atoms with Gasteiger partial charge in [0.05, 0.1) is 5.69 Å². The number of hydrogen-bond acceptors (Lipinski definition) is 3. The summed E-state index contributed by atoms with van der Waals surface area (Å²) in [5.41, 5.74) is 5.73. The van der Waals surface area contributed by atoms with E-state index in [0.717, 1.165) is 0 Å². The molecule has 0 spiro atoms. The van der Waals surface area contributed by atoms with E-state index in [1.165, 1.54) is 18.2 Å². The molecule has 0 heterocycles. The molecule has 4 N–H and O–H groups in total. The molecular formula is C11H15ClFN3O. The van der Waals surface area contributed by atoms with Gasteiger partial charge in [0.2, 0.25) is 0 Å². The largest absolute Gasteiger partial charge is 0.409 e. The molecule has 0 aliphatic heterocycles. The summed E-state index contributed by atoms with van der Waals surface area (Å²) in [6.45, 7) is 1.92. The van der Waals surface area contributed by atoms with Crippen molar-refractivity contribution in [1.29, 1.82) is 0 Å². The summed E-state index contributed by atoms with van der Waals surface area (Å²) in [5, 5.41) is 14.8. The Morgan fingerprint density at radius 2 is 2.35 bits per heavy atom. The molecule has 1 unspecified atom stereocenters. The number of anilines is 1. The number of hydrogen-bond donors (Lipinski definition) is 3. The number of nitrogens with two attached hydrogens (primary N) is 1. The van der Waals surface area contributed by atoms with E-state index in [1.807, 2.05) is 6.92 Å². The highest BCUT2D eigenvalue weighted by atomic mass is 35.5. The number of nitrogens with zero attached hydrogens (tertiary/aromatic N) is 1. The van der Waals surface area contributed by atoms with Gasteiger partial charge in [-0.1, -0.05) is 23.7 Å². The van der Waals surface area contributed by atoms with Crippen molar-refractivity contribution in [2.24, 2.45) is 10.9 Å². The van der Waals surface area contributed by atoms with Gasteiger partial charge in [-0.25, -0.2) is 4.39 Å². The van der Waals surface area contributed by atoms with Crippen LogP contribution in [0.3, 0.4) is 0 Å². The van der Waals surface area contributed by atoms with Gasteiger partial charge in [0.1, 0.15) is 11.7 Å². The van der Waals surface area contributed by atoms with Crippen molar-refractivity contribution >= 4 is 23.1 Å². The number of benzene rings is 1. The Labute approximate surface area is 104 Å². The molecule has 0 radical (unpaired) electrons. The minimum atomic E-state index is -0.382. The number of rotatable bonds is 5. The quantitative estimate of drug-likeness (QED) is 0.330. The summed E-state index contributed by atoms with van der Waals surface area (Å²) in [6, 6.07) is 4.16. The second-order valence-electron chi connectivity index (χ2n) is 3.67. The normalized spacial score (nSPS) is 13.5. The van der Waals surface area contributed by atoms with Crippen molar-refractivity contribution in [2.45, 2.75) is 25.8 Å². The standard InChI is InChI=1S/C11H15ClFN3O/c1-2-8(6-11(14)16-17)15-10-5-7(12)3-4-9(10)13/h3-5,8,15,17H,2,6H2,1H3,(H2,14,16). The molecule has 0 bridgehead atoms. The summed E-state index contributed by atoms with van der Waals surface area (Å²) in [6.07, 6.45) is 1.04. The van der Waals surface area contributed by atoms with Crippen LogP contribution in [-0.4, -0.2) is 17.1 Å². The van der Waals surface area contributed by atoms with Crippen molar-refractivity contribution < 1.29 is 9.60 Å². The number of halogens is 2. The molecule has 0 fully saturated rings. The van der Waals surface area contributed by atoms with E-state index in [0.29, 0.717) is 23.6 Å². The predicted octanol–water partition coefficient (Wildman–Crippen LogP) is 2.81. The van der Waals surface area contributed by atoms with Crippen LogP contribution in [0.2, 0.25) is 5.02 Å². The van der Waals surface area contributed by atoms with Crippen LogP contribution in [0.4, 0.5) is 10.1 Å². The molecular weight excluding hydrogens is 245 g/mol. The maximum atomic E-state index is 13.5. The van der Waals surface area contributed by atoms with Gasteiger partial charge in [0, 0.05) is 17.5 Å². The molecule has 0 aliphatic carbocycles. The van der Waals surface area contributed by atoms with E-state index in [2.05, 4.69) is 10.5 Å². The first-order chi connectivity index (χ1) is 8.06. The SMILES string of the molecule is CCC(CC(N)=NO)Nc1cc(Cl)ccc1F. The predicted molar refractivity (Wildman–Crippen MR) is 67.1 cm³/mol. The summed E-state index contributed by atoms with van der Waals surface area (Å²) in [5.74, 6) is -0.279. The second kappa shape index (κ2) is 6.30. The highest BCUT2D eigenvalue weighted by Crippen LogP contribution is 2.21. The van der Waals surface area contributed by atoms with Gasteiger partial charge < -0.3 is 16.3 Å². The third-order valence-electron chi connectivity index (χ3n) is 2.36. The molecule has 0 saturated heterocycles. The lowest BCUT2D eigenvalue weighted by molar-refractivity contribution is 0.316. The van der Waals surface area contributed by atoms with Crippen molar-refractivity contribution in [1.82, 2.24) is 0 Å². The van der Waals surface area contributed by atoms with Crippen molar-refractivity contribution in [2.75, 3.05) is 5.32 Å². The lowest BCUT2D eigenvalue weighted by atomic mass is 10.1. The fourth-order valence-corrected chi connectivity index (χ4v) is 1.59. The number of amidine groups is 1. The van der Waals surface area contributed by atoms with Gasteiger partial charge in [-0.2, -0.15) is 0 Å². The average Bonchev–Trinajstić information content (AvgIpc) is 2.32. The van der Waals surface area contributed by atoms with Gasteiger partial charge in [0.15, 0.2) is 0 Å². The lowest BCUT2D eigenvalue weighted by Crippen LogP contribution is -2.26. The maximum Gasteiger partial charge on any atom is 0.146 e. The average molecular weight is 260 g/mol. The first-order valence-corrected chi connectivity index (χ1v) is 5.62. The summed E-state index contributed by atoms with van der Waals surface area (Å²) < 4.78 is 13.5. The van der Waals surface area contributed by atoms with Crippen LogP contribution in [-0.2, 0) is 0 Å². The van der Waals surface area contributed by atoms with Crippen molar-refractivity contribution in [3.05, 3.63) is 29.0 Å². The number of nitrogens with one attached hydrogen (secondary N) is 1. The zero-order valence-corrected chi connectivity index (χ0v) is 10.2. The molecule has 6 heteroatoms.